The summed E-state index contributed by atoms with van der Waals surface area (Å²) in [7, 11) is 0. The smallest absolute Gasteiger partial charge is 0.325 e. The van der Waals surface area contributed by atoms with E-state index in [2.05, 4.69) is 18.5 Å². The number of nitrogens with one attached hydrogen (secondary N) is 1. The first kappa shape index (κ1) is 20.4. The second kappa shape index (κ2) is 8.38. The molecular weight excluding hydrogens is 374 g/mol. The SMILES string of the molecule is C=CCN(CC=C)C(=O)CN1C(=O)NC(C)(c2ccc3c(c2)OCCCO3)C1=O. The molecule has 1 saturated heterocycles. The molecule has 2 aliphatic rings. The van der Waals surface area contributed by atoms with Gasteiger partial charge in [-0.25, -0.2) is 4.79 Å². The summed E-state index contributed by atoms with van der Waals surface area (Å²) in [6.45, 7) is 10.2. The number of amides is 4. The maximum absolute atomic E-state index is 13.1. The Labute approximate surface area is 169 Å². The van der Waals surface area contributed by atoms with Gasteiger partial charge in [0.05, 0.1) is 13.2 Å². The molecule has 1 unspecified atom stereocenters. The molecule has 1 atom stereocenters. The van der Waals surface area contributed by atoms with Crippen molar-refractivity contribution >= 4 is 17.8 Å². The standard InChI is InChI=1S/C21H25N3O5/c1-4-9-23(10-5-2)18(25)14-24-19(26)21(3,22-20(24)27)15-7-8-16-17(13-15)29-12-6-11-28-16/h4-5,7-8,13H,1-2,6,9-12,14H2,3H3,(H,22,27). The minimum absolute atomic E-state index is 0.300. The molecule has 3 rings (SSSR count). The highest BCUT2D eigenvalue weighted by molar-refractivity contribution is 6.09. The number of imide groups is 1. The third kappa shape index (κ3) is 3.96. The van der Waals surface area contributed by atoms with Crippen LogP contribution in [-0.2, 0) is 15.1 Å². The van der Waals surface area contributed by atoms with Crippen molar-refractivity contribution in [3.05, 3.63) is 49.1 Å². The van der Waals surface area contributed by atoms with Crippen molar-refractivity contribution in [1.29, 1.82) is 0 Å². The first-order chi connectivity index (χ1) is 13.9. The highest BCUT2D eigenvalue weighted by atomic mass is 16.5. The van der Waals surface area contributed by atoms with Crippen LogP contribution in [0.15, 0.2) is 43.5 Å². The van der Waals surface area contributed by atoms with Crippen LogP contribution in [-0.4, -0.2) is 60.5 Å². The first-order valence-corrected chi connectivity index (χ1v) is 9.44. The van der Waals surface area contributed by atoms with E-state index in [0.717, 1.165) is 11.3 Å². The Bertz CT molecular complexity index is 843. The monoisotopic (exact) mass is 399 g/mol. The molecule has 0 aromatic heterocycles. The van der Waals surface area contributed by atoms with Gasteiger partial charge in [-0.3, -0.25) is 14.5 Å². The number of rotatable bonds is 7. The molecule has 0 bridgehead atoms. The van der Waals surface area contributed by atoms with Gasteiger partial charge in [0, 0.05) is 19.5 Å². The first-order valence-electron chi connectivity index (χ1n) is 9.44. The van der Waals surface area contributed by atoms with Crippen molar-refractivity contribution in [2.24, 2.45) is 0 Å². The van der Waals surface area contributed by atoms with Crippen molar-refractivity contribution in [1.82, 2.24) is 15.1 Å². The zero-order chi connectivity index (χ0) is 21.0. The zero-order valence-electron chi connectivity index (χ0n) is 16.5. The van der Waals surface area contributed by atoms with E-state index < -0.39 is 17.5 Å². The van der Waals surface area contributed by atoms with Gasteiger partial charge in [0.2, 0.25) is 5.91 Å². The summed E-state index contributed by atoms with van der Waals surface area (Å²) in [5.41, 5.74) is -0.742. The van der Waals surface area contributed by atoms with Gasteiger partial charge < -0.3 is 19.7 Å². The normalized spacial score (nSPS) is 20.7. The number of carbonyl (C=O) groups is 3. The Morgan fingerprint density at radius 1 is 1.21 bits per heavy atom. The third-order valence-corrected chi connectivity index (χ3v) is 4.94. The van der Waals surface area contributed by atoms with E-state index in [-0.39, 0.29) is 12.5 Å². The van der Waals surface area contributed by atoms with E-state index in [1.807, 2.05) is 0 Å². The molecule has 154 valence electrons. The van der Waals surface area contributed by atoms with Gasteiger partial charge in [0.1, 0.15) is 12.1 Å². The number of ether oxygens (including phenoxy) is 2. The minimum Gasteiger partial charge on any atom is -0.490 e. The Kier molecular flexibility index (Phi) is 5.91. The number of fused-ring (bicyclic) bond motifs is 1. The molecule has 1 aromatic carbocycles. The van der Waals surface area contributed by atoms with Crippen LogP contribution in [0.3, 0.4) is 0 Å². The maximum Gasteiger partial charge on any atom is 0.325 e. The molecule has 0 spiro atoms. The van der Waals surface area contributed by atoms with Gasteiger partial charge in [-0.15, -0.1) is 13.2 Å². The molecule has 1 N–H and O–H groups in total. The highest BCUT2D eigenvalue weighted by Gasteiger charge is 2.50. The van der Waals surface area contributed by atoms with E-state index in [4.69, 9.17) is 9.47 Å². The molecule has 0 saturated carbocycles. The van der Waals surface area contributed by atoms with Crippen LogP contribution in [0.1, 0.15) is 18.9 Å². The predicted octanol–water partition coefficient (Wildman–Crippen LogP) is 1.82. The van der Waals surface area contributed by atoms with Crippen molar-refractivity contribution in [3.63, 3.8) is 0 Å². The van der Waals surface area contributed by atoms with Crippen LogP contribution in [0, 0.1) is 0 Å². The number of benzene rings is 1. The number of hydrogen-bond donors (Lipinski definition) is 1. The van der Waals surface area contributed by atoms with Crippen LogP contribution in [0.5, 0.6) is 11.5 Å². The van der Waals surface area contributed by atoms with Crippen molar-refractivity contribution in [3.8, 4) is 11.5 Å². The Morgan fingerprint density at radius 2 is 1.86 bits per heavy atom. The molecule has 0 radical (unpaired) electrons. The summed E-state index contributed by atoms with van der Waals surface area (Å²) in [6.07, 6.45) is 3.92. The maximum atomic E-state index is 13.1. The van der Waals surface area contributed by atoms with Gasteiger partial charge in [-0.05, 0) is 24.6 Å². The molecular formula is C21H25N3O5. The van der Waals surface area contributed by atoms with Gasteiger partial charge in [-0.1, -0.05) is 18.2 Å². The summed E-state index contributed by atoms with van der Waals surface area (Å²) in [4.78, 5) is 40.6. The molecule has 2 aliphatic heterocycles. The predicted molar refractivity (Wildman–Crippen MR) is 107 cm³/mol. The summed E-state index contributed by atoms with van der Waals surface area (Å²) in [6, 6.07) is 4.53. The molecule has 29 heavy (non-hydrogen) atoms. The Morgan fingerprint density at radius 3 is 2.52 bits per heavy atom. The van der Waals surface area contributed by atoms with Crippen LogP contribution in [0.4, 0.5) is 4.79 Å². The lowest BCUT2D eigenvalue weighted by molar-refractivity contribution is -0.138. The third-order valence-electron chi connectivity index (χ3n) is 4.94. The summed E-state index contributed by atoms with van der Waals surface area (Å²) in [5.74, 6) is 0.266. The van der Waals surface area contributed by atoms with Crippen LogP contribution < -0.4 is 14.8 Å². The second-order valence-corrected chi connectivity index (χ2v) is 7.03. The fourth-order valence-electron chi connectivity index (χ4n) is 3.34. The van der Waals surface area contributed by atoms with E-state index in [1.54, 1.807) is 37.3 Å². The average molecular weight is 399 g/mol. The summed E-state index contributed by atoms with van der Waals surface area (Å²) >= 11 is 0. The molecule has 1 aromatic rings. The minimum atomic E-state index is -1.30. The number of nitrogens with zero attached hydrogens (tertiary/aromatic N) is 2. The van der Waals surface area contributed by atoms with Gasteiger partial charge in [-0.2, -0.15) is 0 Å². The summed E-state index contributed by atoms with van der Waals surface area (Å²) < 4.78 is 11.3. The fraction of sp³-hybridized carbons (Fsp3) is 0.381. The molecule has 4 amide bonds. The highest BCUT2D eigenvalue weighted by Crippen LogP contribution is 2.36. The van der Waals surface area contributed by atoms with E-state index >= 15 is 0 Å². The molecule has 8 heteroatoms. The van der Waals surface area contributed by atoms with Gasteiger partial charge in [0.15, 0.2) is 11.5 Å². The molecule has 0 aliphatic carbocycles. The number of hydrogen-bond acceptors (Lipinski definition) is 5. The van der Waals surface area contributed by atoms with Crippen molar-refractivity contribution in [2.45, 2.75) is 18.9 Å². The van der Waals surface area contributed by atoms with Crippen LogP contribution >= 0.6 is 0 Å². The molecule has 8 nitrogen and oxygen atoms in total. The fourth-order valence-corrected chi connectivity index (χ4v) is 3.34. The Hall–Kier alpha value is -3.29. The van der Waals surface area contributed by atoms with E-state index in [9.17, 15) is 14.4 Å². The van der Waals surface area contributed by atoms with Crippen molar-refractivity contribution < 1.29 is 23.9 Å². The lowest BCUT2D eigenvalue weighted by atomic mass is 9.91. The second-order valence-electron chi connectivity index (χ2n) is 7.03. The van der Waals surface area contributed by atoms with Gasteiger partial charge in [0.25, 0.3) is 5.91 Å². The largest absolute Gasteiger partial charge is 0.490 e. The average Bonchev–Trinajstić information content (AvgIpc) is 2.87. The van der Waals surface area contributed by atoms with Crippen LogP contribution in [0.2, 0.25) is 0 Å². The lowest BCUT2D eigenvalue weighted by Crippen LogP contribution is -2.44. The van der Waals surface area contributed by atoms with Crippen molar-refractivity contribution in [2.75, 3.05) is 32.8 Å². The zero-order valence-corrected chi connectivity index (χ0v) is 16.5. The molecule has 1 fully saturated rings. The summed E-state index contributed by atoms with van der Waals surface area (Å²) in [5, 5.41) is 2.71. The number of carbonyl (C=O) groups excluding carboxylic acids is 3. The quantitative estimate of drug-likeness (QED) is 0.558. The Balaban J connectivity index is 1.82. The lowest BCUT2D eigenvalue weighted by Gasteiger charge is -2.24. The van der Waals surface area contributed by atoms with E-state index in [1.165, 1.54) is 4.90 Å². The van der Waals surface area contributed by atoms with Crippen LogP contribution in [0.25, 0.3) is 0 Å². The van der Waals surface area contributed by atoms with Gasteiger partial charge >= 0.3 is 6.03 Å². The molecule has 2 heterocycles. The number of urea groups is 1. The topological polar surface area (TPSA) is 88.2 Å². The van der Waals surface area contributed by atoms with E-state index in [0.29, 0.717) is 43.4 Å².